The van der Waals surface area contributed by atoms with E-state index in [2.05, 4.69) is 0 Å². The quantitative estimate of drug-likeness (QED) is 0.696. The van der Waals surface area contributed by atoms with Gasteiger partial charge in [-0.05, 0) is 31.4 Å². The molecule has 9 nitrogen and oxygen atoms in total. The molecule has 1 heterocycles. The molecule has 29 heavy (non-hydrogen) atoms. The topological polar surface area (TPSA) is 137 Å². The molecule has 0 radical (unpaired) electrons. The van der Waals surface area contributed by atoms with Gasteiger partial charge in [0.05, 0.1) is 29.4 Å². The summed E-state index contributed by atoms with van der Waals surface area (Å²) in [6.45, 7) is 2.24. The Kier molecular flexibility index (Phi) is 8.42. The minimum Gasteiger partial charge on any atom is -0.465 e. The third kappa shape index (κ3) is 6.44. The Hall–Kier alpha value is -2.64. The number of benzene rings is 1. The van der Waals surface area contributed by atoms with Crippen molar-refractivity contribution < 1.29 is 27.9 Å². The molecule has 1 aromatic carbocycles. The van der Waals surface area contributed by atoms with Crippen molar-refractivity contribution in [3.8, 4) is 6.07 Å². The van der Waals surface area contributed by atoms with Crippen LogP contribution in [0.2, 0.25) is 0 Å². The van der Waals surface area contributed by atoms with Crippen LogP contribution < -0.4 is 5.32 Å². The number of amides is 2. The minimum atomic E-state index is -3.33. The van der Waals surface area contributed by atoms with Crippen molar-refractivity contribution in [2.45, 2.75) is 29.4 Å². The van der Waals surface area contributed by atoms with Crippen molar-refractivity contribution in [1.29, 1.82) is 5.26 Å². The average Bonchev–Trinajstić information content (AvgIpc) is 3.24. The van der Waals surface area contributed by atoms with E-state index in [0.29, 0.717) is 50.5 Å². The van der Waals surface area contributed by atoms with Gasteiger partial charge in [0, 0.05) is 19.0 Å². The first-order chi connectivity index (χ1) is 13.9. The van der Waals surface area contributed by atoms with Crippen LogP contribution in [0.5, 0.6) is 0 Å². The lowest BCUT2D eigenvalue weighted by Gasteiger charge is -2.29. The number of carbonyl (C=O) groups is 2. The van der Waals surface area contributed by atoms with Crippen molar-refractivity contribution in [3.05, 3.63) is 30.3 Å². The molecule has 0 spiro atoms. The number of nitrogens with one attached hydrogen (secondary N) is 1. The zero-order valence-electron chi connectivity index (χ0n) is 16.0. The summed E-state index contributed by atoms with van der Waals surface area (Å²) in [6.07, 6.45) is 0.500. The molecule has 2 fully saturated rings. The van der Waals surface area contributed by atoms with Gasteiger partial charge in [0.25, 0.3) is 0 Å². The molecule has 1 saturated heterocycles. The zero-order valence-corrected chi connectivity index (χ0v) is 16.8. The largest absolute Gasteiger partial charge is 0.465 e. The Morgan fingerprint density at radius 3 is 2.41 bits per heavy atom. The fraction of sp³-hybridized carbons (Fsp3) is 0.526. The van der Waals surface area contributed by atoms with E-state index >= 15 is 0 Å². The van der Waals surface area contributed by atoms with E-state index in [9.17, 15) is 18.0 Å². The van der Waals surface area contributed by atoms with E-state index in [1.807, 2.05) is 10.2 Å². The molecule has 2 N–H and O–H groups in total. The molecule has 2 aliphatic rings. The predicted octanol–water partition coefficient (Wildman–Crippen LogP) is 1.27. The molecule has 158 valence electrons. The van der Waals surface area contributed by atoms with Gasteiger partial charge in [0.15, 0.2) is 9.84 Å². The lowest BCUT2D eigenvalue weighted by molar-refractivity contribution is -0.139. The van der Waals surface area contributed by atoms with Crippen LogP contribution in [0.4, 0.5) is 4.79 Å². The summed E-state index contributed by atoms with van der Waals surface area (Å²) in [5, 5.41) is 16.9. The maximum atomic E-state index is 12.6. The molecular weight excluding hydrogens is 398 g/mol. The normalized spacial score (nSPS) is 21.4. The van der Waals surface area contributed by atoms with Crippen LogP contribution in [0.15, 0.2) is 35.2 Å². The molecule has 2 atom stereocenters. The standard InChI is InChI=1S/C16H21NO4S.C3H4N2O2/c18-16(17-8-10-21-11-9-17)13-6-7-15(12-13)22(19,20)14-4-2-1-3-5-14;4-1-2-5-3(6)7/h1-5,13,15H,6-12H2;5H,2H2,(H,6,7)/t13-,15-;/m1./s1. The van der Waals surface area contributed by atoms with Crippen LogP contribution in [0.3, 0.4) is 0 Å². The maximum absolute atomic E-state index is 12.6. The summed E-state index contributed by atoms with van der Waals surface area (Å²) in [5.74, 6) is -0.0735. The number of morpholine rings is 1. The summed E-state index contributed by atoms with van der Waals surface area (Å²) >= 11 is 0. The average molecular weight is 423 g/mol. The molecule has 0 aromatic heterocycles. The van der Waals surface area contributed by atoms with Crippen molar-refractivity contribution >= 4 is 21.8 Å². The number of carbonyl (C=O) groups excluding carboxylic acids is 1. The van der Waals surface area contributed by atoms with E-state index in [-0.39, 0.29) is 18.4 Å². The number of nitriles is 1. The van der Waals surface area contributed by atoms with Crippen LogP contribution in [-0.4, -0.2) is 68.5 Å². The van der Waals surface area contributed by atoms with Gasteiger partial charge < -0.3 is 20.1 Å². The third-order valence-corrected chi connectivity index (χ3v) is 7.12. The van der Waals surface area contributed by atoms with Gasteiger partial charge in [0.2, 0.25) is 5.91 Å². The SMILES string of the molecule is N#CCNC(=O)O.O=C([C@@H]1CC[C@@H](S(=O)(=O)c2ccccc2)C1)N1CCOCC1. The zero-order chi connectivity index (χ0) is 21.3. The van der Waals surface area contributed by atoms with Crippen LogP contribution in [0, 0.1) is 17.2 Å². The van der Waals surface area contributed by atoms with Crippen molar-refractivity contribution in [3.63, 3.8) is 0 Å². The molecule has 1 saturated carbocycles. The fourth-order valence-electron chi connectivity index (χ4n) is 3.41. The lowest BCUT2D eigenvalue weighted by Crippen LogP contribution is -2.43. The molecule has 1 aliphatic heterocycles. The Labute approximate surface area is 170 Å². The minimum absolute atomic E-state index is 0.0917. The molecule has 3 rings (SSSR count). The summed E-state index contributed by atoms with van der Waals surface area (Å²) in [5.41, 5.74) is 0. The second-order valence-electron chi connectivity index (χ2n) is 6.74. The highest BCUT2D eigenvalue weighted by Crippen LogP contribution is 2.34. The van der Waals surface area contributed by atoms with Crippen molar-refractivity contribution in [2.75, 3.05) is 32.8 Å². The third-order valence-electron chi connectivity index (χ3n) is 4.89. The molecule has 10 heteroatoms. The van der Waals surface area contributed by atoms with Gasteiger partial charge in [-0.1, -0.05) is 18.2 Å². The van der Waals surface area contributed by atoms with E-state index in [0.717, 1.165) is 0 Å². The second-order valence-corrected chi connectivity index (χ2v) is 8.97. The number of rotatable bonds is 4. The first-order valence-corrected chi connectivity index (χ1v) is 10.9. The molecular formula is C19H25N3O6S. The van der Waals surface area contributed by atoms with E-state index in [1.54, 1.807) is 36.4 Å². The number of carboxylic acid groups (broad SMARTS) is 1. The van der Waals surface area contributed by atoms with Gasteiger partial charge in [-0.2, -0.15) is 5.26 Å². The highest BCUT2D eigenvalue weighted by Gasteiger charge is 2.39. The summed E-state index contributed by atoms with van der Waals surface area (Å²) in [6, 6.07) is 10.1. The number of nitrogens with zero attached hydrogens (tertiary/aromatic N) is 2. The Morgan fingerprint density at radius 2 is 1.86 bits per heavy atom. The summed E-state index contributed by atoms with van der Waals surface area (Å²) < 4.78 is 30.5. The lowest BCUT2D eigenvalue weighted by atomic mass is 10.1. The molecule has 0 bridgehead atoms. The second kappa shape index (κ2) is 10.8. The van der Waals surface area contributed by atoms with Crippen LogP contribution in [-0.2, 0) is 19.4 Å². The van der Waals surface area contributed by atoms with Crippen LogP contribution in [0.25, 0.3) is 0 Å². The first kappa shape index (κ1) is 22.6. The van der Waals surface area contributed by atoms with Crippen LogP contribution in [0.1, 0.15) is 19.3 Å². The molecule has 1 aromatic rings. The Morgan fingerprint density at radius 1 is 1.21 bits per heavy atom. The number of ether oxygens (including phenoxy) is 1. The number of hydrogen-bond donors (Lipinski definition) is 2. The summed E-state index contributed by atoms with van der Waals surface area (Å²) in [7, 11) is -3.33. The Bertz CT molecular complexity index is 831. The van der Waals surface area contributed by atoms with Crippen molar-refractivity contribution in [2.24, 2.45) is 5.92 Å². The highest BCUT2D eigenvalue weighted by atomic mass is 32.2. The van der Waals surface area contributed by atoms with E-state index < -0.39 is 21.2 Å². The number of hydrogen-bond acceptors (Lipinski definition) is 6. The fourth-order valence-corrected chi connectivity index (χ4v) is 5.26. The van der Waals surface area contributed by atoms with E-state index in [4.69, 9.17) is 15.1 Å². The predicted molar refractivity (Wildman–Crippen MR) is 104 cm³/mol. The summed E-state index contributed by atoms with van der Waals surface area (Å²) in [4.78, 5) is 24.2. The maximum Gasteiger partial charge on any atom is 0.405 e. The van der Waals surface area contributed by atoms with Crippen molar-refractivity contribution in [1.82, 2.24) is 10.2 Å². The van der Waals surface area contributed by atoms with Gasteiger partial charge in [0.1, 0.15) is 6.54 Å². The van der Waals surface area contributed by atoms with Crippen LogP contribution >= 0.6 is 0 Å². The molecule has 1 aliphatic carbocycles. The Balaban J connectivity index is 0.000000370. The molecule has 2 amide bonds. The van der Waals surface area contributed by atoms with Gasteiger partial charge in [-0.25, -0.2) is 13.2 Å². The van der Waals surface area contributed by atoms with Gasteiger partial charge in [-0.15, -0.1) is 0 Å². The highest BCUT2D eigenvalue weighted by molar-refractivity contribution is 7.92. The monoisotopic (exact) mass is 423 g/mol. The smallest absolute Gasteiger partial charge is 0.405 e. The van der Waals surface area contributed by atoms with E-state index in [1.165, 1.54) is 0 Å². The van der Waals surface area contributed by atoms with Gasteiger partial charge in [-0.3, -0.25) is 4.79 Å². The van der Waals surface area contributed by atoms with Gasteiger partial charge >= 0.3 is 6.09 Å². The first-order valence-electron chi connectivity index (χ1n) is 9.35. The number of sulfone groups is 1. The molecule has 0 unspecified atom stereocenters.